The van der Waals surface area contributed by atoms with Gasteiger partial charge in [-0.1, -0.05) is 58.4 Å². The summed E-state index contributed by atoms with van der Waals surface area (Å²) in [4.78, 5) is 0. The summed E-state index contributed by atoms with van der Waals surface area (Å²) < 4.78 is 1.02. The Kier molecular flexibility index (Phi) is 6.37. The lowest BCUT2D eigenvalue weighted by Gasteiger charge is -2.06. The van der Waals surface area contributed by atoms with Crippen LogP contribution in [0.4, 0.5) is 0 Å². The van der Waals surface area contributed by atoms with Crippen molar-refractivity contribution in [2.45, 2.75) is 6.42 Å². The number of halogens is 1. The highest BCUT2D eigenvalue weighted by atomic mass is 79.9. The monoisotopic (exact) mass is 361 g/mol. The Morgan fingerprint density at radius 2 is 1.95 bits per heavy atom. The van der Waals surface area contributed by atoms with E-state index in [-0.39, 0.29) is 0 Å². The third-order valence-corrected chi connectivity index (χ3v) is 3.50. The molecule has 0 atom stereocenters. The summed E-state index contributed by atoms with van der Waals surface area (Å²) in [5.41, 5.74) is 5.10. The van der Waals surface area contributed by atoms with Gasteiger partial charge in [-0.25, -0.2) is 0 Å². The van der Waals surface area contributed by atoms with Crippen molar-refractivity contribution in [2.24, 2.45) is 5.10 Å². The van der Waals surface area contributed by atoms with Crippen LogP contribution >= 0.6 is 28.1 Å². The first-order valence-electron chi connectivity index (χ1n) is 6.60. The van der Waals surface area contributed by atoms with Gasteiger partial charge in [-0.2, -0.15) is 5.10 Å². The molecule has 0 aliphatic heterocycles. The summed E-state index contributed by atoms with van der Waals surface area (Å²) >= 11 is 8.58. The smallest absolute Gasteiger partial charge is 0.186 e. The van der Waals surface area contributed by atoms with E-state index in [0.717, 1.165) is 23.0 Å². The van der Waals surface area contributed by atoms with Gasteiger partial charge in [0.25, 0.3) is 0 Å². The second-order valence-electron chi connectivity index (χ2n) is 4.42. The number of nitrogens with zero attached hydrogens (tertiary/aromatic N) is 1. The molecule has 3 nitrogen and oxygen atoms in total. The second kappa shape index (κ2) is 8.54. The summed E-state index contributed by atoms with van der Waals surface area (Å²) in [5.74, 6) is 0. The molecular formula is C16H16BrN3S. The van der Waals surface area contributed by atoms with E-state index >= 15 is 0 Å². The van der Waals surface area contributed by atoms with E-state index in [0.29, 0.717) is 5.11 Å². The molecule has 0 bridgehead atoms. The molecule has 0 amide bonds. The lowest BCUT2D eigenvalue weighted by molar-refractivity contribution is 0.838. The highest BCUT2D eigenvalue weighted by Gasteiger charge is 1.94. The number of benzene rings is 2. The molecule has 0 saturated heterocycles. The molecule has 0 radical (unpaired) electrons. The molecule has 2 aromatic rings. The lowest BCUT2D eigenvalue weighted by atomic mass is 10.1. The van der Waals surface area contributed by atoms with Gasteiger partial charge in [0.1, 0.15) is 0 Å². The fourth-order valence-corrected chi connectivity index (χ4v) is 2.33. The summed E-state index contributed by atoms with van der Waals surface area (Å²) in [6.07, 6.45) is 2.66. The third kappa shape index (κ3) is 6.06. The molecule has 21 heavy (non-hydrogen) atoms. The molecule has 2 N–H and O–H groups in total. The van der Waals surface area contributed by atoms with E-state index in [2.05, 4.69) is 43.9 Å². The van der Waals surface area contributed by atoms with Gasteiger partial charge < -0.3 is 5.32 Å². The van der Waals surface area contributed by atoms with Crippen LogP contribution in [0, 0.1) is 0 Å². The van der Waals surface area contributed by atoms with Gasteiger partial charge in [-0.05, 0) is 41.9 Å². The fourth-order valence-electron chi connectivity index (χ4n) is 1.76. The minimum atomic E-state index is 0.525. The predicted molar refractivity (Wildman–Crippen MR) is 95.6 cm³/mol. The summed E-state index contributed by atoms with van der Waals surface area (Å²) in [6, 6.07) is 18.2. The Morgan fingerprint density at radius 3 is 2.71 bits per heavy atom. The first-order valence-corrected chi connectivity index (χ1v) is 7.80. The van der Waals surface area contributed by atoms with Crippen molar-refractivity contribution in [1.29, 1.82) is 0 Å². The van der Waals surface area contributed by atoms with Crippen LogP contribution in [0.25, 0.3) is 0 Å². The Hall–Kier alpha value is -1.72. The van der Waals surface area contributed by atoms with Crippen LogP contribution in [0.2, 0.25) is 0 Å². The van der Waals surface area contributed by atoms with Crippen molar-refractivity contribution in [3.63, 3.8) is 0 Å². The third-order valence-electron chi connectivity index (χ3n) is 2.77. The van der Waals surface area contributed by atoms with Crippen LogP contribution in [0.5, 0.6) is 0 Å². The molecule has 0 aromatic heterocycles. The van der Waals surface area contributed by atoms with Crippen molar-refractivity contribution in [3.05, 3.63) is 70.2 Å². The SMILES string of the molecule is S=C(NCCc1ccccc1)N/N=C/c1cccc(Br)c1. The van der Waals surface area contributed by atoms with Gasteiger partial charge in [-0.3, -0.25) is 5.43 Å². The van der Waals surface area contributed by atoms with Crippen LogP contribution in [-0.4, -0.2) is 17.9 Å². The fraction of sp³-hybridized carbons (Fsp3) is 0.125. The van der Waals surface area contributed by atoms with Crippen molar-refractivity contribution in [1.82, 2.24) is 10.7 Å². The van der Waals surface area contributed by atoms with Gasteiger partial charge in [0, 0.05) is 11.0 Å². The maximum atomic E-state index is 5.17. The van der Waals surface area contributed by atoms with Crippen LogP contribution < -0.4 is 10.7 Å². The second-order valence-corrected chi connectivity index (χ2v) is 5.74. The average Bonchev–Trinajstić information content (AvgIpc) is 2.48. The standard InChI is InChI=1S/C16H16BrN3S/c17-15-8-4-7-14(11-15)12-19-20-16(21)18-10-9-13-5-2-1-3-6-13/h1-8,11-12H,9-10H2,(H2,18,20,21)/b19-12+. The molecule has 108 valence electrons. The highest BCUT2D eigenvalue weighted by Crippen LogP contribution is 2.09. The largest absolute Gasteiger partial charge is 0.361 e. The molecule has 0 saturated carbocycles. The van der Waals surface area contributed by atoms with Crippen LogP contribution in [0.15, 0.2) is 64.2 Å². The summed E-state index contributed by atoms with van der Waals surface area (Å²) in [7, 11) is 0. The van der Waals surface area contributed by atoms with Crippen molar-refractivity contribution in [2.75, 3.05) is 6.54 Å². The Labute approximate surface area is 138 Å². The maximum absolute atomic E-state index is 5.17. The van der Waals surface area contributed by atoms with Gasteiger partial charge in [0.2, 0.25) is 0 Å². The van der Waals surface area contributed by atoms with E-state index in [1.165, 1.54) is 5.56 Å². The zero-order valence-corrected chi connectivity index (χ0v) is 13.8. The molecule has 5 heteroatoms. The number of thiocarbonyl (C=S) groups is 1. The normalized spacial score (nSPS) is 10.5. The average molecular weight is 362 g/mol. The van der Waals surface area contributed by atoms with E-state index in [9.17, 15) is 0 Å². The van der Waals surface area contributed by atoms with Gasteiger partial charge >= 0.3 is 0 Å². The molecule has 0 aliphatic carbocycles. The quantitative estimate of drug-likeness (QED) is 0.486. The van der Waals surface area contributed by atoms with Crippen molar-refractivity contribution in [3.8, 4) is 0 Å². The van der Waals surface area contributed by atoms with Crippen LogP contribution in [0.1, 0.15) is 11.1 Å². The number of hydrogen-bond donors (Lipinski definition) is 2. The Balaban J connectivity index is 1.70. The molecular weight excluding hydrogens is 346 g/mol. The van der Waals surface area contributed by atoms with E-state index in [4.69, 9.17) is 12.2 Å². The topological polar surface area (TPSA) is 36.4 Å². The zero-order valence-electron chi connectivity index (χ0n) is 11.4. The molecule has 0 spiro atoms. The maximum Gasteiger partial charge on any atom is 0.186 e. The first-order chi connectivity index (χ1) is 10.2. The molecule has 0 aliphatic rings. The first kappa shape index (κ1) is 15.7. The van der Waals surface area contributed by atoms with Crippen molar-refractivity contribution >= 4 is 39.5 Å². The highest BCUT2D eigenvalue weighted by molar-refractivity contribution is 9.10. The molecule has 2 rings (SSSR count). The minimum absolute atomic E-state index is 0.525. The summed E-state index contributed by atoms with van der Waals surface area (Å²) in [6.45, 7) is 0.780. The summed E-state index contributed by atoms with van der Waals surface area (Å²) in [5, 5.41) is 7.76. The number of hydrazone groups is 1. The van der Waals surface area contributed by atoms with Gasteiger partial charge in [0.05, 0.1) is 6.21 Å². The van der Waals surface area contributed by atoms with Gasteiger partial charge in [-0.15, -0.1) is 0 Å². The molecule has 0 unspecified atom stereocenters. The Morgan fingerprint density at radius 1 is 1.14 bits per heavy atom. The number of nitrogens with one attached hydrogen (secondary N) is 2. The molecule has 0 heterocycles. The van der Waals surface area contributed by atoms with Crippen LogP contribution in [-0.2, 0) is 6.42 Å². The van der Waals surface area contributed by atoms with E-state index in [1.807, 2.05) is 42.5 Å². The lowest BCUT2D eigenvalue weighted by Crippen LogP contribution is -2.33. The van der Waals surface area contributed by atoms with E-state index < -0.39 is 0 Å². The number of rotatable bonds is 5. The predicted octanol–water partition coefficient (Wildman–Crippen LogP) is 3.49. The molecule has 0 fully saturated rings. The van der Waals surface area contributed by atoms with Crippen LogP contribution in [0.3, 0.4) is 0 Å². The Bertz CT molecular complexity index is 614. The molecule has 2 aromatic carbocycles. The zero-order chi connectivity index (χ0) is 14.9. The van der Waals surface area contributed by atoms with E-state index in [1.54, 1.807) is 6.21 Å². The minimum Gasteiger partial charge on any atom is -0.361 e. The number of hydrogen-bond acceptors (Lipinski definition) is 2. The van der Waals surface area contributed by atoms with Gasteiger partial charge in [0.15, 0.2) is 5.11 Å². The van der Waals surface area contributed by atoms with Crippen molar-refractivity contribution < 1.29 is 0 Å².